The molecule has 0 saturated heterocycles. The summed E-state index contributed by atoms with van der Waals surface area (Å²) in [5.41, 5.74) is 0. The van der Waals surface area contributed by atoms with Crippen molar-refractivity contribution in [1.29, 1.82) is 0 Å². The molecule has 0 unspecified atom stereocenters. The first-order chi connectivity index (χ1) is 4.00. The second kappa shape index (κ2) is 136. The molecule has 0 heterocycles. The van der Waals surface area contributed by atoms with Crippen molar-refractivity contribution >= 4 is 0 Å². The summed E-state index contributed by atoms with van der Waals surface area (Å²) in [6, 6.07) is 0. The summed E-state index contributed by atoms with van der Waals surface area (Å²) >= 11 is 0. The minimum absolute atomic E-state index is 4.50. The van der Waals surface area contributed by atoms with Crippen LogP contribution in [0.25, 0.3) is 0 Å². The molecular formula is C4O4. The van der Waals surface area contributed by atoms with Crippen LogP contribution in [0.15, 0.2) is 0 Å². The van der Waals surface area contributed by atoms with Crippen molar-refractivity contribution in [1.82, 2.24) is 0 Å². The fraction of sp³-hybridized carbons (Fsp3) is 0. The van der Waals surface area contributed by atoms with Gasteiger partial charge in [-0.3, -0.25) is 0 Å². The Kier molecular flexibility index (Phi) is 478. The third-order valence-electron chi connectivity index (χ3n) is 0. The topological polar surface area (TPSA) is 79.6 Å². The first-order valence-corrected chi connectivity index (χ1v) is 0.816. The predicted octanol–water partition coefficient (Wildman–Crippen LogP) is -0.150. The van der Waals surface area contributed by atoms with Gasteiger partial charge in [0.1, 0.15) is 0 Å². The maximum atomic E-state index is 7.50. The first kappa shape index (κ1) is 28.2. The van der Waals surface area contributed by atoms with Gasteiger partial charge in [0, 0.05) is 0 Å². The van der Waals surface area contributed by atoms with E-state index in [9.17, 15) is 0 Å². The molecule has 0 radical (unpaired) electrons. The molecule has 0 aliphatic heterocycles. The van der Waals surface area contributed by atoms with E-state index in [1.54, 1.807) is 0 Å². The van der Waals surface area contributed by atoms with E-state index >= 15 is 0 Å². The Morgan fingerprint density at radius 2 is 0.375 bits per heavy atom. The van der Waals surface area contributed by atoms with Gasteiger partial charge < -0.3 is 0 Å². The second-order valence-corrected chi connectivity index (χ2v) is 0. The van der Waals surface area contributed by atoms with Crippen molar-refractivity contribution in [3.63, 3.8) is 0 Å². The summed E-state index contributed by atoms with van der Waals surface area (Å²) in [6.45, 7) is 18.0. The molecule has 8 heavy (non-hydrogen) atoms. The van der Waals surface area contributed by atoms with E-state index in [0.717, 1.165) is 0 Å². The van der Waals surface area contributed by atoms with Gasteiger partial charge in [0.25, 0.3) is 0 Å². The van der Waals surface area contributed by atoms with Crippen LogP contribution in [-0.2, 0) is 18.6 Å². The zero-order chi connectivity index (χ0) is 8.00. The van der Waals surface area contributed by atoms with Crippen molar-refractivity contribution in [3.8, 4) is 0 Å². The van der Waals surface area contributed by atoms with Crippen LogP contribution in [-0.4, -0.2) is 0 Å². The quantitative estimate of drug-likeness (QED) is 0.308. The molecule has 0 bridgehead atoms. The average molecular weight is 112 g/mol. The molecule has 0 amide bonds. The zero-order valence-corrected chi connectivity index (χ0v) is 3.63. The average Bonchev–Trinajstić information content (AvgIpc) is 2.03. The summed E-state index contributed by atoms with van der Waals surface area (Å²) in [6.07, 6.45) is 0. The molecule has 0 aliphatic carbocycles. The first-order valence-electron chi connectivity index (χ1n) is 0.816. The molecule has 0 N–H and O–H groups in total. The van der Waals surface area contributed by atoms with E-state index in [1.165, 1.54) is 0 Å². The van der Waals surface area contributed by atoms with Crippen LogP contribution in [0.5, 0.6) is 0 Å². The van der Waals surface area contributed by atoms with Crippen molar-refractivity contribution < 1.29 is 18.6 Å². The molecule has 0 spiro atoms. The van der Waals surface area contributed by atoms with Gasteiger partial charge in [-0.1, -0.05) is 0 Å². The normalized spacial score (nSPS) is 1.00. The Morgan fingerprint density at radius 1 is 0.375 bits per heavy atom. The number of hydrogen-bond acceptors (Lipinski definition) is 0. The molecule has 0 aliphatic rings. The molecule has 0 rings (SSSR count). The summed E-state index contributed by atoms with van der Waals surface area (Å²) in [7, 11) is 0. The Labute approximate surface area is 46.4 Å². The van der Waals surface area contributed by atoms with Gasteiger partial charge in [-0.15, -0.1) is 0 Å². The standard InChI is InChI=1S/4CO/c4*1-2. The molecule has 0 fully saturated rings. The van der Waals surface area contributed by atoms with Gasteiger partial charge >= 0.3 is 45.2 Å². The second-order valence-electron chi connectivity index (χ2n) is 0. The van der Waals surface area contributed by atoms with E-state index in [4.69, 9.17) is 18.6 Å². The Hall–Kier alpha value is -1.04. The van der Waals surface area contributed by atoms with Crippen molar-refractivity contribution in [3.05, 3.63) is 26.6 Å². The molecule has 0 aromatic heterocycles. The summed E-state index contributed by atoms with van der Waals surface area (Å²) in [5, 5.41) is 0. The Balaban J connectivity index is -0.0000000133. The van der Waals surface area contributed by atoms with Gasteiger partial charge in [-0.05, 0) is 0 Å². The molecule has 4 nitrogen and oxygen atoms in total. The zero-order valence-electron chi connectivity index (χ0n) is 3.63. The third-order valence-corrected chi connectivity index (χ3v) is 0. The van der Waals surface area contributed by atoms with Crippen molar-refractivity contribution in [2.24, 2.45) is 0 Å². The fourth-order valence-electron chi connectivity index (χ4n) is 0. The molecule has 0 aromatic carbocycles. The van der Waals surface area contributed by atoms with Crippen LogP contribution in [0.2, 0.25) is 0 Å². The molecular weight excluding hydrogens is 112 g/mol. The van der Waals surface area contributed by atoms with Crippen LogP contribution < -0.4 is 0 Å². The van der Waals surface area contributed by atoms with E-state index in [2.05, 4.69) is 26.6 Å². The van der Waals surface area contributed by atoms with Gasteiger partial charge in [-0.25, -0.2) is 0 Å². The monoisotopic (exact) mass is 112 g/mol. The number of rotatable bonds is 0. The molecule has 0 saturated carbocycles. The predicted molar refractivity (Wildman–Crippen MR) is 15.7 cm³/mol. The van der Waals surface area contributed by atoms with Crippen LogP contribution >= 0.6 is 0 Å². The molecule has 40 valence electrons. The summed E-state index contributed by atoms with van der Waals surface area (Å²) in [5.74, 6) is 0. The van der Waals surface area contributed by atoms with E-state index in [-0.39, 0.29) is 0 Å². The van der Waals surface area contributed by atoms with Crippen molar-refractivity contribution in [2.45, 2.75) is 0 Å². The number of hydrogen-bond donors (Lipinski definition) is 0. The van der Waals surface area contributed by atoms with E-state index in [1.807, 2.05) is 0 Å². The minimum atomic E-state index is 4.50. The summed E-state index contributed by atoms with van der Waals surface area (Å²) in [4.78, 5) is 0. The summed E-state index contributed by atoms with van der Waals surface area (Å²) < 4.78 is 30.0. The van der Waals surface area contributed by atoms with Gasteiger partial charge in [0.05, 0.1) is 0 Å². The third kappa shape index (κ3) is 71.9. The molecule has 4 heteroatoms. The fourth-order valence-corrected chi connectivity index (χ4v) is 0. The van der Waals surface area contributed by atoms with Crippen LogP contribution in [0, 0.1) is 26.6 Å². The Morgan fingerprint density at radius 3 is 0.375 bits per heavy atom. The molecule has 0 aromatic rings. The van der Waals surface area contributed by atoms with Crippen LogP contribution in [0.3, 0.4) is 0 Å². The molecule has 0 atom stereocenters. The van der Waals surface area contributed by atoms with Crippen molar-refractivity contribution in [2.75, 3.05) is 0 Å². The van der Waals surface area contributed by atoms with Gasteiger partial charge in [-0.2, -0.15) is 0 Å². The van der Waals surface area contributed by atoms with Gasteiger partial charge in [0.15, 0.2) is 0 Å². The SMILES string of the molecule is [C-]#[O+].[C-]#[O+].[C-]#[O+].[C-]#[O+]. The van der Waals surface area contributed by atoms with Crippen LogP contribution in [0.4, 0.5) is 0 Å². The van der Waals surface area contributed by atoms with E-state index in [0.29, 0.717) is 0 Å². The maximum absolute atomic E-state index is 7.50. The van der Waals surface area contributed by atoms with Gasteiger partial charge in [0.2, 0.25) is 0 Å². The Bertz CT molecular complexity index is 51.0. The van der Waals surface area contributed by atoms with Crippen LogP contribution in [0.1, 0.15) is 0 Å². The van der Waals surface area contributed by atoms with E-state index < -0.39 is 0 Å².